The normalized spacial score (nSPS) is 20.2. The summed E-state index contributed by atoms with van der Waals surface area (Å²) in [5, 5.41) is 2.38. The Hall–Kier alpha value is -0.980. The third-order valence-electron chi connectivity index (χ3n) is 3.09. The van der Waals surface area contributed by atoms with Gasteiger partial charge >= 0.3 is 5.97 Å². The molecule has 1 fully saturated rings. The van der Waals surface area contributed by atoms with Crippen LogP contribution in [0.5, 0.6) is 0 Å². The number of esters is 1. The lowest BCUT2D eigenvalue weighted by atomic mass is 10.1. The molecule has 18 heavy (non-hydrogen) atoms. The van der Waals surface area contributed by atoms with E-state index in [4.69, 9.17) is 10.5 Å². The summed E-state index contributed by atoms with van der Waals surface area (Å²) < 4.78 is 4.92. The fraction of sp³-hybridized carbons (Fsp3) is 0.667. The van der Waals surface area contributed by atoms with Gasteiger partial charge in [-0.05, 0) is 32.4 Å². The van der Waals surface area contributed by atoms with Crippen molar-refractivity contribution in [3.05, 3.63) is 16.1 Å². The van der Waals surface area contributed by atoms with E-state index < -0.39 is 0 Å². The highest BCUT2D eigenvalue weighted by Crippen LogP contribution is 2.19. The number of nitrogens with two attached hydrogens (primary N) is 1. The number of nitrogens with zero attached hydrogens (tertiary/aromatic N) is 2. The Labute approximate surface area is 111 Å². The van der Waals surface area contributed by atoms with Crippen LogP contribution in [0.25, 0.3) is 0 Å². The van der Waals surface area contributed by atoms with Gasteiger partial charge in [-0.2, -0.15) is 0 Å². The maximum atomic E-state index is 11.5. The zero-order chi connectivity index (χ0) is 13.0. The largest absolute Gasteiger partial charge is 0.461 e. The van der Waals surface area contributed by atoms with E-state index >= 15 is 0 Å². The molecule has 1 aliphatic rings. The Morgan fingerprint density at radius 1 is 1.72 bits per heavy atom. The van der Waals surface area contributed by atoms with Crippen molar-refractivity contribution in [3.63, 3.8) is 0 Å². The minimum absolute atomic E-state index is 0.324. The monoisotopic (exact) mass is 269 g/mol. The summed E-state index contributed by atoms with van der Waals surface area (Å²) in [6.45, 7) is 5.83. The molecule has 6 heteroatoms. The van der Waals surface area contributed by atoms with Gasteiger partial charge in [0.25, 0.3) is 0 Å². The highest BCUT2D eigenvalue weighted by molar-refractivity contribution is 7.11. The number of ether oxygens (including phenoxy) is 1. The molecule has 2 N–H and O–H groups in total. The summed E-state index contributed by atoms with van der Waals surface area (Å²) in [7, 11) is 0. The molecule has 0 aliphatic carbocycles. The molecular weight excluding hydrogens is 250 g/mol. The van der Waals surface area contributed by atoms with Gasteiger partial charge in [0.05, 0.1) is 12.3 Å². The van der Waals surface area contributed by atoms with E-state index in [2.05, 4.69) is 9.88 Å². The summed E-state index contributed by atoms with van der Waals surface area (Å²) in [6, 6.07) is 0. The molecule has 100 valence electrons. The zero-order valence-corrected chi connectivity index (χ0v) is 11.4. The van der Waals surface area contributed by atoms with E-state index in [0.29, 0.717) is 17.5 Å². The molecular formula is C12H19N3O2S. The fourth-order valence-corrected chi connectivity index (χ4v) is 2.84. The van der Waals surface area contributed by atoms with Crippen LogP contribution < -0.4 is 5.73 Å². The van der Waals surface area contributed by atoms with Crippen LogP contribution in [0, 0.1) is 5.92 Å². The molecule has 1 aliphatic heterocycles. The second kappa shape index (κ2) is 6.26. The van der Waals surface area contributed by atoms with Gasteiger partial charge in [0.15, 0.2) is 0 Å². The van der Waals surface area contributed by atoms with Crippen molar-refractivity contribution >= 4 is 17.3 Å². The standard InChI is InChI=1S/C12H19N3O2S/c1-2-17-12(16)11-14-10(8-18-11)7-15-4-3-9(5-13)6-15/h8-9H,2-7,13H2,1H3. The van der Waals surface area contributed by atoms with Crippen LogP contribution in [0.1, 0.15) is 28.8 Å². The lowest BCUT2D eigenvalue weighted by Gasteiger charge is -2.13. The fourth-order valence-electron chi connectivity index (χ4n) is 2.14. The Morgan fingerprint density at radius 2 is 2.56 bits per heavy atom. The van der Waals surface area contributed by atoms with Crippen molar-refractivity contribution < 1.29 is 9.53 Å². The molecule has 1 unspecified atom stereocenters. The van der Waals surface area contributed by atoms with Gasteiger partial charge in [-0.3, -0.25) is 4.90 Å². The first-order chi connectivity index (χ1) is 8.72. The molecule has 2 heterocycles. The van der Waals surface area contributed by atoms with E-state index in [1.54, 1.807) is 6.92 Å². The van der Waals surface area contributed by atoms with E-state index in [9.17, 15) is 4.79 Å². The Bertz CT molecular complexity index is 408. The number of carbonyl (C=O) groups is 1. The van der Waals surface area contributed by atoms with E-state index in [-0.39, 0.29) is 5.97 Å². The highest BCUT2D eigenvalue weighted by atomic mass is 32.1. The number of likely N-dealkylation sites (tertiary alicyclic amines) is 1. The molecule has 0 spiro atoms. The topological polar surface area (TPSA) is 68.5 Å². The maximum absolute atomic E-state index is 11.5. The predicted molar refractivity (Wildman–Crippen MR) is 70.5 cm³/mol. The molecule has 0 aromatic carbocycles. The van der Waals surface area contributed by atoms with Crippen molar-refractivity contribution in [1.82, 2.24) is 9.88 Å². The zero-order valence-electron chi connectivity index (χ0n) is 10.6. The maximum Gasteiger partial charge on any atom is 0.367 e. The summed E-state index contributed by atoms with van der Waals surface area (Å²) in [5.41, 5.74) is 6.61. The van der Waals surface area contributed by atoms with E-state index in [0.717, 1.165) is 38.3 Å². The molecule has 0 bridgehead atoms. The SMILES string of the molecule is CCOC(=O)c1nc(CN2CCC(CN)C2)cs1. The van der Waals surface area contributed by atoms with Gasteiger partial charge < -0.3 is 10.5 Å². The molecule has 5 nitrogen and oxygen atoms in total. The third-order valence-corrected chi connectivity index (χ3v) is 3.96. The molecule has 1 saturated heterocycles. The van der Waals surface area contributed by atoms with Gasteiger partial charge in [-0.15, -0.1) is 11.3 Å². The molecule has 0 saturated carbocycles. The molecule has 1 aromatic rings. The lowest BCUT2D eigenvalue weighted by molar-refractivity contribution is 0.0525. The Morgan fingerprint density at radius 3 is 3.22 bits per heavy atom. The molecule has 2 rings (SSSR count). The molecule has 0 radical (unpaired) electrons. The Balaban J connectivity index is 1.89. The summed E-state index contributed by atoms with van der Waals surface area (Å²) in [4.78, 5) is 18.1. The van der Waals surface area contributed by atoms with Gasteiger partial charge in [-0.1, -0.05) is 0 Å². The average Bonchev–Trinajstić information content (AvgIpc) is 2.99. The summed E-state index contributed by atoms with van der Waals surface area (Å²) >= 11 is 1.35. The van der Waals surface area contributed by atoms with Gasteiger partial charge in [0, 0.05) is 18.5 Å². The average molecular weight is 269 g/mol. The van der Waals surface area contributed by atoms with Crippen LogP contribution in [0.4, 0.5) is 0 Å². The summed E-state index contributed by atoms with van der Waals surface area (Å²) in [5.74, 6) is 0.281. The summed E-state index contributed by atoms with van der Waals surface area (Å²) in [6.07, 6.45) is 1.16. The van der Waals surface area contributed by atoms with E-state index in [1.165, 1.54) is 11.3 Å². The first-order valence-corrected chi connectivity index (χ1v) is 7.14. The van der Waals surface area contributed by atoms with Crippen LogP contribution in [-0.2, 0) is 11.3 Å². The number of hydrogen-bond acceptors (Lipinski definition) is 6. The van der Waals surface area contributed by atoms with Gasteiger partial charge in [0.2, 0.25) is 5.01 Å². The lowest BCUT2D eigenvalue weighted by Crippen LogP contribution is -2.23. The van der Waals surface area contributed by atoms with Crippen molar-refractivity contribution in [2.45, 2.75) is 19.9 Å². The minimum Gasteiger partial charge on any atom is -0.461 e. The molecule has 1 aromatic heterocycles. The van der Waals surface area contributed by atoms with Crippen LogP contribution in [0.15, 0.2) is 5.38 Å². The van der Waals surface area contributed by atoms with Crippen molar-refractivity contribution in [2.24, 2.45) is 11.7 Å². The number of hydrogen-bond donors (Lipinski definition) is 1. The molecule has 0 amide bonds. The number of carbonyl (C=O) groups excluding carboxylic acids is 1. The van der Waals surface area contributed by atoms with Crippen molar-refractivity contribution in [2.75, 3.05) is 26.2 Å². The number of rotatable bonds is 5. The van der Waals surface area contributed by atoms with Crippen LogP contribution in [0.2, 0.25) is 0 Å². The van der Waals surface area contributed by atoms with Crippen LogP contribution >= 0.6 is 11.3 Å². The number of thiazole rings is 1. The van der Waals surface area contributed by atoms with Crippen molar-refractivity contribution in [1.29, 1.82) is 0 Å². The second-order valence-electron chi connectivity index (χ2n) is 4.49. The first kappa shape index (κ1) is 13.5. The number of aromatic nitrogens is 1. The smallest absolute Gasteiger partial charge is 0.367 e. The quantitative estimate of drug-likeness (QED) is 0.811. The second-order valence-corrected chi connectivity index (χ2v) is 5.35. The predicted octanol–water partition coefficient (Wildman–Crippen LogP) is 1.10. The van der Waals surface area contributed by atoms with Crippen LogP contribution in [0.3, 0.4) is 0 Å². The Kier molecular flexibility index (Phi) is 4.68. The minimum atomic E-state index is -0.324. The van der Waals surface area contributed by atoms with E-state index in [1.807, 2.05) is 5.38 Å². The van der Waals surface area contributed by atoms with Gasteiger partial charge in [-0.25, -0.2) is 9.78 Å². The molecule has 1 atom stereocenters. The van der Waals surface area contributed by atoms with Crippen molar-refractivity contribution in [3.8, 4) is 0 Å². The van der Waals surface area contributed by atoms with Crippen LogP contribution in [-0.4, -0.2) is 42.1 Å². The highest BCUT2D eigenvalue weighted by Gasteiger charge is 2.22. The van der Waals surface area contributed by atoms with Gasteiger partial charge in [0.1, 0.15) is 0 Å². The first-order valence-electron chi connectivity index (χ1n) is 6.26. The third kappa shape index (κ3) is 3.28.